The van der Waals surface area contributed by atoms with E-state index in [4.69, 9.17) is 10.5 Å². The molecule has 1 unspecified atom stereocenters. The normalized spacial score (nSPS) is 12.4. The summed E-state index contributed by atoms with van der Waals surface area (Å²) in [4.78, 5) is 11.3. The Morgan fingerprint density at radius 3 is 2.45 bits per heavy atom. The number of benzene rings is 1. The predicted molar refractivity (Wildman–Crippen MR) is 81.8 cm³/mol. The number of carbonyl (C=O) groups is 1. The second-order valence-electron chi connectivity index (χ2n) is 5.33. The van der Waals surface area contributed by atoms with Crippen molar-refractivity contribution in [1.29, 1.82) is 0 Å². The molecule has 1 amide bonds. The summed E-state index contributed by atoms with van der Waals surface area (Å²) in [5.41, 5.74) is 6.66. The van der Waals surface area contributed by atoms with Crippen LogP contribution in [0.1, 0.15) is 39.2 Å². The third kappa shape index (κ3) is 6.06. The Morgan fingerprint density at radius 1 is 1.30 bits per heavy atom. The first kappa shape index (κ1) is 16.5. The summed E-state index contributed by atoms with van der Waals surface area (Å²) in [6.07, 6.45) is 3.48. The molecule has 1 atom stereocenters. The summed E-state index contributed by atoms with van der Waals surface area (Å²) in [7, 11) is 0. The zero-order valence-corrected chi connectivity index (χ0v) is 12.7. The number of aryl methyl sites for hydroxylation is 1. The van der Waals surface area contributed by atoms with Gasteiger partial charge in [0.2, 0.25) is 5.91 Å². The lowest BCUT2D eigenvalue weighted by atomic mass is 10.1. The highest BCUT2D eigenvalue weighted by molar-refractivity contribution is 5.80. The van der Waals surface area contributed by atoms with Crippen molar-refractivity contribution in [2.24, 2.45) is 5.73 Å². The van der Waals surface area contributed by atoms with E-state index in [2.05, 4.69) is 24.4 Å². The highest BCUT2D eigenvalue weighted by atomic mass is 16.5. The molecule has 20 heavy (non-hydrogen) atoms. The van der Waals surface area contributed by atoms with Crippen LogP contribution in [0, 0.1) is 0 Å². The van der Waals surface area contributed by atoms with Gasteiger partial charge in [0.05, 0.1) is 0 Å². The van der Waals surface area contributed by atoms with Crippen LogP contribution in [0.5, 0.6) is 5.75 Å². The van der Waals surface area contributed by atoms with E-state index in [9.17, 15) is 4.79 Å². The summed E-state index contributed by atoms with van der Waals surface area (Å²) in [6, 6.07) is 7.75. The second-order valence-corrected chi connectivity index (χ2v) is 5.33. The van der Waals surface area contributed by atoms with Gasteiger partial charge in [0.25, 0.3) is 0 Å². The monoisotopic (exact) mass is 278 g/mol. The van der Waals surface area contributed by atoms with E-state index in [1.54, 1.807) is 0 Å². The molecule has 0 saturated heterocycles. The number of hydrogen-bond donors (Lipinski definition) is 2. The quantitative estimate of drug-likeness (QED) is 0.728. The molecule has 0 aliphatic rings. The van der Waals surface area contributed by atoms with E-state index in [0.717, 1.165) is 12.2 Å². The van der Waals surface area contributed by atoms with Crippen molar-refractivity contribution in [2.75, 3.05) is 6.61 Å². The van der Waals surface area contributed by atoms with Crippen LogP contribution in [0.4, 0.5) is 0 Å². The van der Waals surface area contributed by atoms with Gasteiger partial charge in [-0.2, -0.15) is 0 Å². The van der Waals surface area contributed by atoms with E-state index in [1.165, 1.54) is 18.4 Å². The SMILES string of the molecule is CCCCc1ccc(OCC(NC(C)C)C(N)=O)cc1. The molecular weight excluding hydrogens is 252 g/mol. The number of nitrogens with one attached hydrogen (secondary N) is 1. The van der Waals surface area contributed by atoms with Crippen molar-refractivity contribution in [3.8, 4) is 5.75 Å². The van der Waals surface area contributed by atoms with Crippen molar-refractivity contribution in [3.05, 3.63) is 29.8 Å². The van der Waals surface area contributed by atoms with E-state index in [1.807, 2.05) is 26.0 Å². The summed E-state index contributed by atoms with van der Waals surface area (Å²) in [6.45, 7) is 6.38. The molecule has 0 saturated carbocycles. The van der Waals surface area contributed by atoms with Gasteiger partial charge in [-0.05, 0) is 30.5 Å². The summed E-state index contributed by atoms with van der Waals surface area (Å²) in [5.74, 6) is 0.375. The van der Waals surface area contributed by atoms with Gasteiger partial charge in [0.1, 0.15) is 18.4 Å². The molecule has 112 valence electrons. The third-order valence-corrected chi connectivity index (χ3v) is 3.04. The molecule has 0 radical (unpaired) electrons. The number of nitrogens with two attached hydrogens (primary N) is 1. The molecule has 0 aliphatic carbocycles. The van der Waals surface area contributed by atoms with Crippen LogP contribution in [0.3, 0.4) is 0 Å². The fraction of sp³-hybridized carbons (Fsp3) is 0.562. The van der Waals surface area contributed by atoms with Crippen LogP contribution in [0.15, 0.2) is 24.3 Å². The number of unbranched alkanes of at least 4 members (excludes halogenated alkanes) is 1. The van der Waals surface area contributed by atoms with E-state index >= 15 is 0 Å². The van der Waals surface area contributed by atoms with Crippen LogP contribution < -0.4 is 15.8 Å². The molecular formula is C16H26N2O2. The van der Waals surface area contributed by atoms with Crippen LogP contribution in [-0.4, -0.2) is 24.6 Å². The van der Waals surface area contributed by atoms with Gasteiger partial charge in [-0.15, -0.1) is 0 Å². The van der Waals surface area contributed by atoms with Crippen molar-refractivity contribution < 1.29 is 9.53 Å². The number of primary amides is 1. The van der Waals surface area contributed by atoms with Crippen LogP contribution in [0.2, 0.25) is 0 Å². The predicted octanol–water partition coefficient (Wildman–Crippen LogP) is 2.26. The molecule has 0 bridgehead atoms. The zero-order chi connectivity index (χ0) is 15.0. The van der Waals surface area contributed by atoms with Gasteiger partial charge in [0.15, 0.2) is 0 Å². The third-order valence-electron chi connectivity index (χ3n) is 3.04. The molecule has 4 nitrogen and oxygen atoms in total. The number of hydrogen-bond acceptors (Lipinski definition) is 3. The van der Waals surface area contributed by atoms with Gasteiger partial charge in [-0.25, -0.2) is 0 Å². The molecule has 1 aromatic rings. The Morgan fingerprint density at radius 2 is 1.95 bits per heavy atom. The molecule has 0 spiro atoms. The Balaban J connectivity index is 2.49. The standard InChI is InChI=1S/C16H26N2O2/c1-4-5-6-13-7-9-14(10-8-13)20-11-15(16(17)19)18-12(2)3/h7-10,12,15,18H,4-6,11H2,1-3H3,(H2,17,19). The minimum absolute atomic E-state index is 0.188. The lowest BCUT2D eigenvalue weighted by Gasteiger charge is -2.18. The minimum atomic E-state index is -0.463. The van der Waals surface area contributed by atoms with E-state index in [0.29, 0.717) is 0 Å². The van der Waals surface area contributed by atoms with Crippen molar-refractivity contribution in [1.82, 2.24) is 5.32 Å². The Bertz CT molecular complexity index is 401. The van der Waals surface area contributed by atoms with E-state index < -0.39 is 11.9 Å². The Labute approximate surface area is 121 Å². The molecule has 0 heterocycles. The van der Waals surface area contributed by atoms with E-state index in [-0.39, 0.29) is 12.6 Å². The smallest absolute Gasteiger partial charge is 0.238 e. The molecule has 0 fully saturated rings. The number of ether oxygens (including phenoxy) is 1. The van der Waals surface area contributed by atoms with Crippen molar-refractivity contribution >= 4 is 5.91 Å². The number of rotatable bonds is 9. The average Bonchev–Trinajstić information content (AvgIpc) is 2.41. The van der Waals surface area contributed by atoms with Crippen LogP contribution in [-0.2, 0) is 11.2 Å². The first-order valence-corrected chi connectivity index (χ1v) is 7.30. The Hall–Kier alpha value is -1.55. The lowest BCUT2D eigenvalue weighted by Crippen LogP contribution is -2.48. The fourth-order valence-corrected chi connectivity index (χ4v) is 1.93. The minimum Gasteiger partial charge on any atom is -0.491 e. The topological polar surface area (TPSA) is 64.3 Å². The molecule has 3 N–H and O–H groups in total. The largest absolute Gasteiger partial charge is 0.491 e. The number of carbonyl (C=O) groups excluding carboxylic acids is 1. The molecule has 0 aromatic heterocycles. The van der Waals surface area contributed by atoms with Gasteiger partial charge < -0.3 is 15.8 Å². The average molecular weight is 278 g/mol. The maximum Gasteiger partial charge on any atom is 0.238 e. The highest BCUT2D eigenvalue weighted by Crippen LogP contribution is 2.14. The van der Waals surface area contributed by atoms with Gasteiger partial charge >= 0.3 is 0 Å². The maximum atomic E-state index is 11.3. The zero-order valence-electron chi connectivity index (χ0n) is 12.7. The van der Waals surface area contributed by atoms with Crippen LogP contribution >= 0.6 is 0 Å². The number of amides is 1. The van der Waals surface area contributed by atoms with Crippen molar-refractivity contribution in [2.45, 2.75) is 52.1 Å². The van der Waals surface area contributed by atoms with Crippen molar-refractivity contribution in [3.63, 3.8) is 0 Å². The van der Waals surface area contributed by atoms with Gasteiger partial charge in [0, 0.05) is 6.04 Å². The van der Waals surface area contributed by atoms with Gasteiger partial charge in [-0.3, -0.25) is 4.79 Å². The fourth-order valence-electron chi connectivity index (χ4n) is 1.93. The summed E-state index contributed by atoms with van der Waals surface area (Å²) >= 11 is 0. The van der Waals surface area contributed by atoms with Crippen LogP contribution in [0.25, 0.3) is 0 Å². The first-order chi connectivity index (χ1) is 9.52. The lowest BCUT2D eigenvalue weighted by molar-refractivity contribution is -0.120. The molecule has 0 aliphatic heterocycles. The highest BCUT2D eigenvalue weighted by Gasteiger charge is 2.16. The second kappa shape index (κ2) is 8.59. The summed E-state index contributed by atoms with van der Waals surface area (Å²) < 4.78 is 5.63. The molecule has 1 rings (SSSR count). The maximum absolute atomic E-state index is 11.3. The molecule has 4 heteroatoms. The Kier molecular flexibility index (Phi) is 7.09. The van der Waals surface area contributed by atoms with Gasteiger partial charge in [-0.1, -0.05) is 39.3 Å². The summed E-state index contributed by atoms with van der Waals surface area (Å²) in [5, 5.41) is 3.09. The molecule has 1 aromatic carbocycles. The first-order valence-electron chi connectivity index (χ1n) is 7.30.